The van der Waals surface area contributed by atoms with Crippen LogP contribution in [0.25, 0.3) is 0 Å². The predicted octanol–water partition coefficient (Wildman–Crippen LogP) is 3.21. The molecular formula is C9H15FO. The zero-order valence-electron chi connectivity index (χ0n) is 7.36. The van der Waals surface area contributed by atoms with E-state index in [1.54, 1.807) is 0 Å². The first-order chi connectivity index (χ1) is 5.22. The van der Waals surface area contributed by atoms with E-state index in [2.05, 4.69) is 17.9 Å². The number of ether oxygens (including phenoxy) is 1. The lowest BCUT2D eigenvalue weighted by atomic mass is 10.4. The van der Waals surface area contributed by atoms with Crippen molar-refractivity contribution in [3.05, 3.63) is 36.9 Å². The van der Waals surface area contributed by atoms with Crippen LogP contribution in [0.3, 0.4) is 0 Å². The maximum absolute atomic E-state index is 12.4. The van der Waals surface area contributed by atoms with Gasteiger partial charge in [0.1, 0.15) is 5.76 Å². The van der Waals surface area contributed by atoms with Gasteiger partial charge in [0.15, 0.2) is 5.83 Å². The second-order valence-corrected chi connectivity index (χ2v) is 1.38. The summed E-state index contributed by atoms with van der Waals surface area (Å²) in [5.41, 5.74) is 0. The molecule has 0 bridgehead atoms. The van der Waals surface area contributed by atoms with E-state index in [-0.39, 0.29) is 5.76 Å². The van der Waals surface area contributed by atoms with Gasteiger partial charge < -0.3 is 4.74 Å². The van der Waals surface area contributed by atoms with Gasteiger partial charge in [0.25, 0.3) is 0 Å². The Morgan fingerprint density at radius 2 is 1.91 bits per heavy atom. The summed E-state index contributed by atoms with van der Waals surface area (Å²) < 4.78 is 16.8. The highest BCUT2D eigenvalue weighted by atomic mass is 19.1. The molecule has 0 radical (unpaired) electrons. The van der Waals surface area contributed by atoms with E-state index < -0.39 is 5.83 Å². The van der Waals surface area contributed by atoms with E-state index >= 15 is 0 Å². The smallest absolute Gasteiger partial charge is 0.164 e. The van der Waals surface area contributed by atoms with Crippen LogP contribution in [0.2, 0.25) is 0 Å². The largest absolute Gasteiger partial charge is 0.494 e. The second-order valence-electron chi connectivity index (χ2n) is 1.38. The van der Waals surface area contributed by atoms with E-state index in [9.17, 15) is 4.39 Å². The van der Waals surface area contributed by atoms with Crippen molar-refractivity contribution in [3.63, 3.8) is 0 Å². The molecule has 0 spiro atoms. The molecule has 0 atom stereocenters. The van der Waals surface area contributed by atoms with Gasteiger partial charge >= 0.3 is 0 Å². The average molecular weight is 158 g/mol. The Bertz CT molecular complexity index is 148. The van der Waals surface area contributed by atoms with Gasteiger partial charge in [-0.15, -0.1) is 0 Å². The highest BCUT2D eigenvalue weighted by Gasteiger charge is 1.96. The molecular weight excluding hydrogens is 143 g/mol. The van der Waals surface area contributed by atoms with Crippen LogP contribution in [0, 0.1) is 0 Å². The molecule has 64 valence electrons. The molecule has 0 aromatic carbocycles. The minimum atomic E-state index is -0.493. The molecule has 2 heteroatoms. The highest BCUT2D eigenvalue weighted by Crippen LogP contribution is 2.08. The maximum Gasteiger partial charge on any atom is 0.164 e. The Labute approximate surface area is 67.9 Å². The monoisotopic (exact) mass is 158 g/mol. The van der Waals surface area contributed by atoms with Crippen molar-refractivity contribution >= 4 is 0 Å². The van der Waals surface area contributed by atoms with Crippen LogP contribution in [-0.2, 0) is 4.74 Å². The number of methoxy groups -OCH3 is 1. The number of allylic oxidation sites excluding steroid dienone is 3. The first-order valence-electron chi connectivity index (χ1n) is 3.44. The lowest BCUT2D eigenvalue weighted by Gasteiger charge is -1.97. The molecule has 0 aromatic heterocycles. The van der Waals surface area contributed by atoms with Gasteiger partial charge in [-0.25, -0.2) is 4.39 Å². The first kappa shape index (κ1) is 12.6. The van der Waals surface area contributed by atoms with Crippen molar-refractivity contribution in [1.29, 1.82) is 0 Å². The third-order valence-corrected chi connectivity index (χ3v) is 0.777. The lowest BCUT2D eigenvalue weighted by molar-refractivity contribution is 0.285. The Kier molecular flexibility index (Phi) is 10.3. The van der Waals surface area contributed by atoms with Crippen molar-refractivity contribution in [1.82, 2.24) is 0 Å². The Balaban J connectivity index is 0. The van der Waals surface area contributed by atoms with E-state index in [1.165, 1.54) is 19.3 Å². The van der Waals surface area contributed by atoms with E-state index in [0.29, 0.717) is 0 Å². The molecule has 0 aliphatic carbocycles. The fourth-order valence-electron chi connectivity index (χ4n) is 0.294. The molecule has 0 heterocycles. The summed E-state index contributed by atoms with van der Waals surface area (Å²) in [5.74, 6) is -0.470. The molecule has 0 unspecified atom stereocenters. The van der Waals surface area contributed by atoms with Crippen LogP contribution in [0.15, 0.2) is 36.9 Å². The number of rotatable bonds is 3. The zero-order chi connectivity index (χ0) is 9.28. The van der Waals surface area contributed by atoms with Gasteiger partial charge in [-0.2, -0.15) is 0 Å². The third-order valence-electron chi connectivity index (χ3n) is 0.777. The second kappa shape index (κ2) is 8.95. The minimum Gasteiger partial charge on any atom is -0.494 e. The Hall–Kier alpha value is -1.05. The van der Waals surface area contributed by atoms with Crippen LogP contribution in [0.4, 0.5) is 4.39 Å². The summed E-state index contributed by atoms with van der Waals surface area (Å²) in [6.45, 7) is 10.6. The number of hydrogen-bond donors (Lipinski definition) is 0. The van der Waals surface area contributed by atoms with Gasteiger partial charge in [0.2, 0.25) is 0 Å². The molecule has 11 heavy (non-hydrogen) atoms. The van der Waals surface area contributed by atoms with Gasteiger partial charge in [0, 0.05) is 0 Å². The Morgan fingerprint density at radius 3 is 2.18 bits per heavy atom. The van der Waals surface area contributed by atoms with E-state index in [0.717, 1.165) is 0 Å². The van der Waals surface area contributed by atoms with Gasteiger partial charge in [0.05, 0.1) is 7.11 Å². The molecule has 0 aliphatic heterocycles. The maximum atomic E-state index is 12.4. The SMILES string of the molecule is C=C/C=C(/F)C(=C)OC.CC. The van der Waals surface area contributed by atoms with E-state index in [4.69, 9.17) is 0 Å². The molecule has 0 saturated carbocycles. The number of halogens is 1. The van der Waals surface area contributed by atoms with Gasteiger partial charge in [-0.1, -0.05) is 33.1 Å². The molecule has 0 N–H and O–H groups in total. The fourth-order valence-corrected chi connectivity index (χ4v) is 0.294. The number of hydrogen-bond acceptors (Lipinski definition) is 1. The van der Waals surface area contributed by atoms with Gasteiger partial charge in [-0.3, -0.25) is 0 Å². The Morgan fingerprint density at radius 1 is 1.45 bits per heavy atom. The summed E-state index contributed by atoms with van der Waals surface area (Å²) in [4.78, 5) is 0. The highest BCUT2D eigenvalue weighted by molar-refractivity contribution is 5.19. The first-order valence-corrected chi connectivity index (χ1v) is 3.44. The van der Waals surface area contributed by atoms with Crippen molar-refractivity contribution in [2.45, 2.75) is 13.8 Å². The zero-order valence-corrected chi connectivity index (χ0v) is 7.36. The normalized spacial score (nSPS) is 9.27. The summed E-state index contributed by atoms with van der Waals surface area (Å²) >= 11 is 0. The van der Waals surface area contributed by atoms with Crippen LogP contribution >= 0.6 is 0 Å². The lowest BCUT2D eigenvalue weighted by Crippen LogP contribution is -1.82. The standard InChI is InChI=1S/C7H9FO.C2H6/c1-4-5-7(8)6(2)9-3;1-2/h4-5H,1-2H2,3H3;1-2H3/b7-5+;. The molecule has 0 saturated heterocycles. The van der Waals surface area contributed by atoms with Crippen LogP contribution in [0.1, 0.15) is 13.8 Å². The molecule has 0 amide bonds. The molecule has 1 nitrogen and oxygen atoms in total. The summed E-state index contributed by atoms with van der Waals surface area (Å²) in [6, 6.07) is 0. The summed E-state index contributed by atoms with van der Waals surface area (Å²) in [5, 5.41) is 0. The van der Waals surface area contributed by atoms with Crippen LogP contribution in [0.5, 0.6) is 0 Å². The summed E-state index contributed by atoms with van der Waals surface area (Å²) in [7, 11) is 1.36. The topological polar surface area (TPSA) is 9.23 Å². The van der Waals surface area contributed by atoms with E-state index in [1.807, 2.05) is 13.8 Å². The van der Waals surface area contributed by atoms with Crippen molar-refractivity contribution < 1.29 is 9.13 Å². The minimum absolute atomic E-state index is 0.0231. The van der Waals surface area contributed by atoms with Crippen molar-refractivity contribution in [2.75, 3.05) is 7.11 Å². The van der Waals surface area contributed by atoms with Crippen molar-refractivity contribution in [2.24, 2.45) is 0 Å². The quantitative estimate of drug-likeness (QED) is 0.452. The molecule has 0 aliphatic rings. The third kappa shape index (κ3) is 6.84. The molecule has 0 rings (SSSR count). The summed E-state index contributed by atoms with van der Waals surface area (Å²) in [6.07, 6.45) is 2.52. The van der Waals surface area contributed by atoms with Crippen LogP contribution in [-0.4, -0.2) is 7.11 Å². The predicted molar refractivity (Wildman–Crippen MR) is 46.9 cm³/mol. The van der Waals surface area contributed by atoms with Crippen LogP contribution < -0.4 is 0 Å². The average Bonchev–Trinajstić information content (AvgIpc) is 2.07. The van der Waals surface area contributed by atoms with Gasteiger partial charge in [-0.05, 0) is 6.08 Å². The fraction of sp³-hybridized carbons (Fsp3) is 0.333. The molecule has 0 aromatic rings. The van der Waals surface area contributed by atoms with Crippen molar-refractivity contribution in [3.8, 4) is 0 Å². The molecule has 0 fully saturated rings.